The van der Waals surface area contributed by atoms with Gasteiger partial charge in [-0.3, -0.25) is 0 Å². The zero-order valence-corrected chi connectivity index (χ0v) is 32.1. The van der Waals surface area contributed by atoms with Crippen molar-refractivity contribution in [3.63, 3.8) is 0 Å². The molecule has 2 atom stereocenters. The number of hydrogen-bond acceptors (Lipinski definition) is 3. The molecule has 6 aromatic rings. The average molecular weight is 707 g/mol. The average Bonchev–Trinajstić information content (AvgIpc) is 3.72. The number of thiazole rings is 1. The number of hydrogen-bond donors (Lipinski definition) is 0. The molecule has 0 N–H and O–H groups in total. The van der Waals surface area contributed by atoms with E-state index in [0.717, 1.165) is 28.9 Å². The van der Waals surface area contributed by atoms with Gasteiger partial charge >= 0.3 is 0 Å². The Morgan fingerprint density at radius 3 is 2.23 bits per heavy atom. The van der Waals surface area contributed by atoms with Crippen LogP contribution >= 0.6 is 11.3 Å². The summed E-state index contributed by atoms with van der Waals surface area (Å²) >= 11 is 1.78. The summed E-state index contributed by atoms with van der Waals surface area (Å²) in [6, 6.07) is 44.5. The molecule has 3 heteroatoms. The lowest BCUT2D eigenvalue weighted by molar-refractivity contribution is 0.525. The maximum atomic E-state index is 5.14. The molecule has 9 rings (SSSR count). The van der Waals surface area contributed by atoms with Crippen molar-refractivity contribution in [2.45, 2.75) is 70.3 Å². The number of allylic oxidation sites excluding steroid dienone is 5. The van der Waals surface area contributed by atoms with Crippen LogP contribution in [0.3, 0.4) is 0 Å². The van der Waals surface area contributed by atoms with Crippen molar-refractivity contribution in [1.82, 2.24) is 4.98 Å². The molecule has 1 heterocycles. The van der Waals surface area contributed by atoms with E-state index in [2.05, 4.69) is 191 Å². The largest absolute Gasteiger partial charge is 0.334 e. The number of anilines is 1. The highest BCUT2D eigenvalue weighted by molar-refractivity contribution is 7.21. The Labute approximate surface area is 318 Å². The van der Waals surface area contributed by atoms with Crippen LogP contribution < -0.4 is 4.90 Å². The van der Waals surface area contributed by atoms with Crippen LogP contribution in [-0.4, -0.2) is 11.0 Å². The predicted octanol–water partition coefficient (Wildman–Crippen LogP) is 13.4. The van der Waals surface area contributed by atoms with Crippen LogP contribution in [-0.2, 0) is 10.8 Å². The molecule has 0 radical (unpaired) electrons. The molecule has 1 aromatic heterocycles. The summed E-state index contributed by atoms with van der Waals surface area (Å²) in [5, 5.41) is 1.05. The summed E-state index contributed by atoms with van der Waals surface area (Å²) in [5.41, 5.74) is 15.6. The number of nitrogens with zero attached hydrogens (tertiary/aromatic N) is 2. The van der Waals surface area contributed by atoms with Gasteiger partial charge in [0.25, 0.3) is 0 Å². The highest BCUT2D eigenvalue weighted by Gasteiger charge is 2.40. The summed E-state index contributed by atoms with van der Waals surface area (Å²) in [6.07, 6.45) is 14.3. The van der Waals surface area contributed by atoms with Gasteiger partial charge in [-0.1, -0.05) is 162 Å². The second-order valence-corrected chi connectivity index (χ2v) is 17.1. The minimum absolute atomic E-state index is 0.00638. The highest BCUT2D eigenvalue weighted by atomic mass is 32.1. The molecule has 5 aromatic carbocycles. The minimum atomic E-state index is -0.0554. The molecule has 2 nitrogen and oxygen atoms in total. The van der Waals surface area contributed by atoms with E-state index in [1.807, 2.05) is 0 Å². The molecule has 0 fully saturated rings. The Bertz CT molecular complexity index is 2470. The molecule has 0 amide bonds. The van der Waals surface area contributed by atoms with E-state index in [0.29, 0.717) is 5.92 Å². The Hall–Kier alpha value is -5.25. The van der Waals surface area contributed by atoms with E-state index in [-0.39, 0.29) is 16.9 Å². The van der Waals surface area contributed by atoms with Crippen LogP contribution in [0, 0.1) is 0 Å². The second kappa shape index (κ2) is 13.0. The zero-order valence-electron chi connectivity index (χ0n) is 31.3. The van der Waals surface area contributed by atoms with Gasteiger partial charge in [0.1, 0.15) is 5.01 Å². The molecule has 0 bridgehead atoms. The van der Waals surface area contributed by atoms with Crippen LogP contribution in [0.4, 0.5) is 5.69 Å². The molecule has 0 aliphatic heterocycles. The summed E-state index contributed by atoms with van der Waals surface area (Å²) in [5.74, 6) is 0.299. The highest BCUT2D eigenvalue weighted by Crippen LogP contribution is 2.52. The maximum absolute atomic E-state index is 5.14. The van der Waals surface area contributed by atoms with Crippen molar-refractivity contribution in [3.8, 4) is 21.7 Å². The first kappa shape index (κ1) is 33.6. The summed E-state index contributed by atoms with van der Waals surface area (Å²) < 4.78 is 1.21. The molecular formula is C50H46N2S. The van der Waals surface area contributed by atoms with Crippen LogP contribution in [0.5, 0.6) is 0 Å². The van der Waals surface area contributed by atoms with Gasteiger partial charge in [-0.25, -0.2) is 4.98 Å². The number of aromatic nitrogens is 1. The molecule has 3 aliphatic carbocycles. The monoisotopic (exact) mass is 706 g/mol. The third-order valence-electron chi connectivity index (χ3n) is 11.8. The van der Waals surface area contributed by atoms with Gasteiger partial charge in [0.05, 0.1) is 16.3 Å². The molecule has 262 valence electrons. The fraction of sp³-hybridized carbons (Fsp3) is 0.220. The topological polar surface area (TPSA) is 16.1 Å². The molecule has 0 saturated heterocycles. The first-order valence-corrected chi connectivity index (χ1v) is 19.9. The first-order chi connectivity index (χ1) is 25.7. The lowest BCUT2D eigenvalue weighted by atomic mass is 9.77. The fourth-order valence-corrected chi connectivity index (χ4v) is 9.82. The van der Waals surface area contributed by atoms with Gasteiger partial charge in [-0.15, -0.1) is 11.3 Å². The van der Waals surface area contributed by atoms with Crippen molar-refractivity contribution in [2.24, 2.45) is 0 Å². The van der Waals surface area contributed by atoms with E-state index >= 15 is 0 Å². The van der Waals surface area contributed by atoms with E-state index in [1.54, 1.807) is 11.3 Å². The van der Waals surface area contributed by atoms with Gasteiger partial charge in [-0.05, 0) is 93.0 Å². The Morgan fingerprint density at radius 2 is 1.42 bits per heavy atom. The van der Waals surface area contributed by atoms with Crippen molar-refractivity contribution >= 4 is 32.8 Å². The number of rotatable bonds is 5. The maximum Gasteiger partial charge on any atom is 0.124 e. The van der Waals surface area contributed by atoms with Crippen molar-refractivity contribution in [3.05, 3.63) is 185 Å². The Morgan fingerprint density at radius 1 is 0.717 bits per heavy atom. The lowest BCUT2D eigenvalue weighted by Crippen LogP contribution is -2.35. The normalized spacial score (nSPS) is 21.4. The molecule has 0 spiro atoms. The third-order valence-corrected chi connectivity index (χ3v) is 12.9. The summed E-state index contributed by atoms with van der Waals surface area (Å²) in [6.45, 7) is 11.9. The molecule has 53 heavy (non-hydrogen) atoms. The van der Waals surface area contributed by atoms with Crippen LogP contribution in [0.2, 0.25) is 0 Å². The smallest absolute Gasteiger partial charge is 0.124 e. The minimum Gasteiger partial charge on any atom is -0.334 e. The quantitative estimate of drug-likeness (QED) is 0.177. The first-order valence-electron chi connectivity index (χ1n) is 19.0. The summed E-state index contributed by atoms with van der Waals surface area (Å²) in [7, 11) is 0. The standard InChI is InChI=1S/C50H46N2S/c1-33-19-24-37(29-30-49(2,3)43-17-11-9-15-40(33)43)52(38-25-27-42-41-16-10-12-18-44(41)50(4,5)45(42)31-38)39-26-28-46-47(32-39)53-48(51-46)36-22-20-35(21-23-36)34-13-7-6-8-14-34/h6-24,26-29,31-33,38H,25,30H2,1-5H3/b24-19-,37-29+. The predicted molar refractivity (Wildman–Crippen MR) is 227 cm³/mol. The molecular weight excluding hydrogens is 661 g/mol. The summed E-state index contributed by atoms with van der Waals surface area (Å²) in [4.78, 5) is 7.75. The van der Waals surface area contributed by atoms with Gasteiger partial charge in [0.15, 0.2) is 0 Å². The molecule has 0 saturated carbocycles. The van der Waals surface area contributed by atoms with Crippen molar-refractivity contribution in [2.75, 3.05) is 4.90 Å². The Kier molecular flexibility index (Phi) is 8.24. The van der Waals surface area contributed by atoms with Crippen LogP contribution in [0.1, 0.15) is 75.6 Å². The fourth-order valence-electron chi connectivity index (χ4n) is 8.81. The van der Waals surface area contributed by atoms with E-state index < -0.39 is 0 Å². The SMILES string of the molecule is CC1/C=C\C(N(c2ccc3nc(-c4ccc(-c5ccccc5)cc4)sc3c2)C2C=C3C(=CC2)c2ccccc2C3(C)C)=C/CC(C)(C)c2ccccc21. The number of benzene rings is 5. The van der Waals surface area contributed by atoms with Crippen molar-refractivity contribution < 1.29 is 0 Å². The van der Waals surface area contributed by atoms with Gasteiger partial charge in [-0.2, -0.15) is 0 Å². The third kappa shape index (κ3) is 5.92. The lowest BCUT2D eigenvalue weighted by Gasteiger charge is -2.37. The van der Waals surface area contributed by atoms with E-state index in [1.165, 1.54) is 60.6 Å². The Balaban J connectivity index is 1.14. The van der Waals surface area contributed by atoms with Gasteiger partial charge in [0, 0.05) is 22.4 Å². The second-order valence-electron chi connectivity index (χ2n) is 16.1. The zero-order chi connectivity index (χ0) is 36.3. The van der Waals surface area contributed by atoms with Crippen LogP contribution in [0.15, 0.2) is 163 Å². The van der Waals surface area contributed by atoms with Gasteiger partial charge in [0.2, 0.25) is 0 Å². The molecule has 2 unspecified atom stereocenters. The van der Waals surface area contributed by atoms with E-state index in [4.69, 9.17) is 4.98 Å². The number of fused-ring (bicyclic) bond motifs is 5. The molecule has 3 aliphatic rings. The van der Waals surface area contributed by atoms with Crippen LogP contribution in [0.25, 0.3) is 37.5 Å². The van der Waals surface area contributed by atoms with E-state index in [9.17, 15) is 0 Å². The van der Waals surface area contributed by atoms with Crippen molar-refractivity contribution in [1.29, 1.82) is 0 Å². The van der Waals surface area contributed by atoms with Gasteiger partial charge < -0.3 is 4.90 Å².